The predicted molar refractivity (Wildman–Crippen MR) is 129 cm³/mol. The number of alkyl halides is 3. The summed E-state index contributed by atoms with van der Waals surface area (Å²) in [6.07, 6.45) is -1.39. The third-order valence-corrected chi connectivity index (χ3v) is 6.62. The molecule has 1 amide bonds. The average Bonchev–Trinajstić information content (AvgIpc) is 3.15. The molecule has 0 radical (unpaired) electrons. The number of carbonyl (C=O) groups excluding carboxylic acids is 1. The minimum atomic E-state index is -4.74. The van der Waals surface area contributed by atoms with Gasteiger partial charge >= 0.3 is 6.18 Å². The van der Waals surface area contributed by atoms with Gasteiger partial charge in [0, 0.05) is 30.8 Å². The molecular formula is C22H22F3N7O3S. The quantitative estimate of drug-likeness (QED) is 0.431. The van der Waals surface area contributed by atoms with Crippen molar-refractivity contribution < 1.29 is 26.4 Å². The monoisotopic (exact) mass is 521 g/mol. The van der Waals surface area contributed by atoms with Crippen LogP contribution < -0.4 is 20.3 Å². The zero-order valence-electron chi connectivity index (χ0n) is 19.4. The second-order valence-corrected chi connectivity index (χ2v) is 10.3. The van der Waals surface area contributed by atoms with Gasteiger partial charge in [-0.05, 0) is 42.3 Å². The fourth-order valence-electron chi connectivity index (χ4n) is 3.56. The number of nitrogens with zero attached hydrogens (tertiary/aromatic N) is 4. The van der Waals surface area contributed by atoms with Crippen LogP contribution >= 0.6 is 0 Å². The minimum Gasteiger partial charge on any atom is -0.364 e. The van der Waals surface area contributed by atoms with E-state index in [0.29, 0.717) is 23.1 Å². The number of rotatable bonds is 7. The van der Waals surface area contributed by atoms with Crippen molar-refractivity contribution in [2.75, 3.05) is 33.6 Å². The molecule has 0 aliphatic carbocycles. The highest BCUT2D eigenvalue weighted by Crippen LogP contribution is 2.35. The highest BCUT2D eigenvalue weighted by Gasteiger charge is 2.35. The van der Waals surface area contributed by atoms with Crippen LogP contribution in [-0.4, -0.2) is 42.6 Å². The molecule has 1 aliphatic heterocycles. The number of hydrogen-bond donors (Lipinski definition) is 3. The number of fused-ring (bicyclic) bond motifs is 1. The van der Waals surface area contributed by atoms with Crippen molar-refractivity contribution in [3.05, 3.63) is 59.0 Å². The van der Waals surface area contributed by atoms with Gasteiger partial charge in [-0.15, -0.1) is 0 Å². The van der Waals surface area contributed by atoms with E-state index in [9.17, 15) is 26.4 Å². The number of halogens is 3. The van der Waals surface area contributed by atoms with Crippen LogP contribution in [0.2, 0.25) is 0 Å². The molecule has 3 heterocycles. The third kappa shape index (κ3) is 5.48. The van der Waals surface area contributed by atoms with Gasteiger partial charge in [-0.1, -0.05) is 0 Å². The number of amides is 1. The van der Waals surface area contributed by atoms with Crippen molar-refractivity contribution in [2.45, 2.75) is 26.1 Å². The van der Waals surface area contributed by atoms with Crippen molar-refractivity contribution in [1.29, 1.82) is 0 Å². The van der Waals surface area contributed by atoms with Gasteiger partial charge in [0.25, 0.3) is 0 Å². The van der Waals surface area contributed by atoms with E-state index in [1.54, 1.807) is 31.2 Å². The minimum absolute atomic E-state index is 0.104. The number of hydrogen-bond acceptors (Lipinski definition) is 8. The standard InChI is InChI=1S/C22H22F3N7O3S/c1-12-6-18(32(2)36(3,34)35)17(26-9-12)11-27-20-15(22(23,24)25)10-28-21(31-20)29-14-4-5-16-13(7-14)8-19(33)30-16/h4-7,9-10H,8,11H2,1-3H3,(H,30,33)(H2,27,28,29,31). The van der Waals surface area contributed by atoms with E-state index in [-0.39, 0.29) is 36.2 Å². The highest BCUT2D eigenvalue weighted by molar-refractivity contribution is 7.92. The summed E-state index contributed by atoms with van der Waals surface area (Å²) < 4.78 is 66.0. The van der Waals surface area contributed by atoms with E-state index in [0.717, 1.165) is 16.1 Å². The molecule has 0 bridgehead atoms. The summed E-state index contributed by atoms with van der Waals surface area (Å²) in [5, 5.41) is 8.18. The third-order valence-electron chi connectivity index (χ3n) is 5.42. The lowest BCUT2D eigenvalue weighted by atomic mass is 10.1. The number of pyridine rings is 1. The number of benzene rings is 1. The largest absolute Gasteiger partial charge is 0.421 e. The first-order valence-electron chi connectivity index (χ1n) is 10.6. The van der Waals surface area contributed by atoms with Crippen LogP contribution in [0.25, 0.3) is 0 Å². The summed E-state index contributed by atoms with van der Waals surface area (Å²) in [6, 6.07) is 6.58. The van der Waals surface area contributed by atoms with E-state index in [4.69, 9.17) is 0 Å². The van der Waals surface area contributed by atoms with E-state index in [2.05, 4.69) is 30.9 Å². The molecule has 0 unspecified atom stereocenters. The normalized spacial score (nSPS) is 13.2. The van der Waals surface area contributed by atoms with Crippen LogP contribution in [0.5, 0.6) is 0 Å². The second kappa shape index (κ2) is 9.26. The van der Waals surface area contributed by atoms with E-state index < -0.39 is 27.6 Å². The summed E-state index contributed by atoms with van der Waals surface area (Å²) >= 11 is 0. The zero-order valence-corrected chi connectivity index (χ0v) is 20.3. The Bertz CT molecular complexity index is 1450. The van der Waals surface area contributed by atoms with Gasteiger partial charge in [0.2, 0.25) is 21.9 Å². The van der Waals surface area contributed by atoms with Crippen LogP contribution in [0.4, 0.5) is 42.0 Å². The number of aromatic nitrogens is 3. The number of anilines is 5. The fourth-order valence-corrected chi connectivity index (χ4v) is 4.07. The lowest BCUT2D eigenvalue weighted by Crippen LogP contribution is -2.27. The lowest BCUT2D eigenvalue weighted by molar-refractivity contribution is -0.137. The average molecular weight is 522 g/mol. The van der Waals surface area contributed by atoms with E-state index in [1.807, 2.05) is 0 Å². The topological polar surface area (TPSA) is 129 Å². The zero-order chi connectivity index (χ0) is 26.3. The number of aryl methyl sites for hydroxylation is 1. The number of carbonyl (C=O) groups is 1. The van der Waals surface area contributed by atoms with E-state index in [1.165, 1.54) is 13.2 Å². The Morgan fingerprint density at radius 1 is 1.17 bits per heavy atom. The van der Waals surface area contributed by atoms with Crippen LogP contribution in [0.15, 0.2) is 36.7 Å². The Hall–Kier alpha value is -3.94. The molecule has 1 aromatic carbocycles. The maximum absolute atomic E-state index is 13.7. The molecule has 3 aromatic rings. The molecule has 3 N–H and O–H groups in total. The molecular weight excluding hydrogens is 499 g/mol. The Balaban J connectivity index is 1.63. The second-order valence-electron chi connectivity index (χ2n) is 8.24. The molecule has 10 nitrogen and oxygen atoms in total. The van der Waals surface area contributed by atoms with Gasteiger partial charge in [0.1, 0.15) is 11.4 Å². The predicted octanol–water partition coefficient (Wildman–Crippen LogP) is 3.44. The molecule has 36 heavy (non-hydrogen) atoms. The molecule has 4 rings (SSSR count). The maximum Gasteiger partial charge on any atom is 0.421 e. The van der Waals surface area contributed by atoms with Crippen molar-refractivity contribution in [2.24, 2.45) is 0 Å². The Morgan fingerprint density at radius 2 is 1.92 bits per heavy atom. The van der Waals surface area contributed by atoms with Gasteiger partial charge in [-0.3, -0.25) is 14.1 Å². The molecule has 190 valence electrons. The Kier molecular flexibility index (Phi) is 6.47. The summed E-state index contributed by atoms with van der Waals surface area (Å²) in [5.41, 5.74) is 1.93. The highest BCUT2D eigenvalue weighted by atomic mass is 32.2. The molecule has 0 saturated carbocycles. The first-order valence-corrected chi connectivity index (χ1v) is 12.4. The van der Waals surface area contributed by atoms with Crippen LogP contribution in [0.3, 0.4) is 0 Å². The van der Waals surface area contributed by atoms with Crippen molar-refractivity contribution in [1.82, 2.24) is 15.0 Å². The summed E-state index contributed by atoms with van der Waals surface area (Å²) in [4.78, 5) is 23.6. The van der Waals surface area contributed by atoms with Gasteiger partial charge in [0.15, 0.2) is 0 Å². The van der Waals surface area contributed by atoms with Crippen molar-refractivity contribution in [3.63, 3.8) is 0 Å². The fraction of sp³-hybridized carbons (Fsp3) is 0.273. The molecule has 0 spiro atoms. The van der Waals surface area contributed by atoms with Gasteiger partial charge in [0.05, 0.1) is 30.6 Å². The van der Waals surface area contributed by atoms with Gasteiger partial charge in [-0.2, -0.15) is 18.2 Å². The summed E-state index contributed by atoms with van der Waals surface area (Å²) in [6.45, 7) is 1.49. The number of sulfonamides is 1. The molecule has 0 atom stereocenters. The summed E-state index contributed by atoms with van der Waals surface area (Å²) in [5.74, 6) is -0.758. The van der Waals surface area contributed by atoms with Crippen molar-refractivity contribution in [3.8, 4) is 0 Å². The smallest absolute Gasteiger partial charge is 0.364 e. The molecule has 2 aromatic heterocycles. The molecule has 1 aliphatic rings. The molecule has 0 saturated heterocycles. The Labute approximate surface area is 205 Å². The van der Waals surface area contributed by atoms with Crippen molar-refractivity contribution >= 4 is 44.8 Å². The number of nitrogens with one attached hydrogen (secondary N) is 3. The van der Waals surface area contributed by atoms with E-state index >= 15 is 0 Å². The molecule has 14 heteroatoms. The first kappa shape index (κ1) is 25.2. The van der Waals surface area contributed by atoms with Crippen LogP contribution in [-0.2, 0) is 34.0 Å². The van der Waals surface area contributed by atoms with Crippen LogP contribution in [0.1, 0.15) is 22.4 Å². The maximum atomic E-state index is 13.7. The first-order chi connectivity index (χ1) is 16.8. The van der Waals surface area contributed by atoms with Gasteiger partial charge < -0.3 is 16.0 Å². The SMILES string of the molecule is Cc1cnc(CNc2nc(Nc3ccc4c(c3)CC(=O)N4)ncc2C(F)(F)F)c(N(C)S(C)(=O)=O)c1. The Morgan fingerprint density at radius 3 is 2.61 bits per heavy atom. The van der Waals surface area contributed by atoms with Crippen LogP contribution in [0, 0.1) is 6.92 Å². The van der Waals surface area contributed by atoms with Gasteiger partial charge in [-0.25, -0.2) is 13.4 Å². The summed E-state index contributed by atoms with van der Waals surface area (Å²) in [7, 11) is -2.30. The lowest BCUT2D eigenvalue weighted by Gasteiger charge is -2.21. The molecule has 0 fully saturated rings.